The van der Waals surface area contributed by atoms with Crippen LogP contribution < -0.4 is 5.32 Å². The van der Waals surface area contributed by atoms with Crippen LogP contribution in [-0.2, 0) is 9.59 Å². The Kier molecular flexibility index (Phi) is 5.27. The van der Waals surface area contributed by atoms with Gasteiger partial charge in [0.1, 0.15) is 12.6 Å². The zero-order chi connectivity index (χ0) is 12.9. The lowest BCUT2D eigenvalue weighted by Crippen LogP contribution is -2.47. The van der Waals surface area contributed by atoms with Crippen molar-refractivity contribution < 1.29 is 19.5 Å². The van der Waals surface area contributed by atoms with E-state index in [1.54, 1.807) is 14.1 Å². The van der Waals surface area contributed by atoms with Crippen LogP contribution >= 0.6 is 0 Å². The first-order valence-corrected chi connectivity index (χ1v) is 4.70. The van der Waals surface area contributed by atoms with Crippen molar-refractivity contribution in [1.29, 1.82) is 0 Å². The van der Waals surface area contributed by atoms with E-state index in [2.05, 4.69) is 5.32 Å². The highest BCUT2D eigenvalue weighted by Crippen LogP contribution is 1.90. The molecule has 7 heteroatoms. The second-order valence-electron chi connectivity index (χ2n) is 3.65. The molecule has 0 aromatic rings. The van der Waals surface area contributed by atoms with Crippen molar-refractivity contribution >= 4 is 17.9 Å². The average molecular weight is 231 g/mol. The summed E-state index contributed by atoms with van der Waals surface area (Å²) >= 11 is 0. The summed E-state index contributed by atoms with van der Waals surface area (Å²) in [5.41, 5.74) is 0. The van der Waals surface area contributed by atoms with Crippen molar-refractivity contribution in [3.05, 3.63) is 0 Å². The van der Waals surface area contributed by atoms with Gasteiger partial charge in [-0.3, -0.25) is 9.59 Å². The molecule has 7 nitrogen and oxygen atoms in total. The SMILES string of the molecule is C[C@H](NC(=O)N(C)CC(=O)N(C)C)C(=O)O. The summed E-state index contributed by atoms with van der Waals surface area (Å²) < 4.78 is 0. The fourth-order valence-electron chi connectivity index (χ4n) is 0.773. The molecule has 0 radical (unpaired) electrons. The van der Waals surface area contributed by atoms with E-state index in [1.807, 2.05) is 0 Å². The molecule has 0 rings (SSSR count). The molecule has 0 aliphatic heterocycles. The van der Waals surface area contributed by atoms with Crippen molar-refractivity contribution in [2.24, 2.45) is 0 Å². The first-order chi connectivity index (χ1) is 7.25. The van der Waals surface area contributed by atoms with Crippen molar-refractivity contribution in [3.8, 4) is 0 Å². The number of carbonyl (C=O) groups is 3. The summed E-state index contributed by atoms with van der Waals surface area (Å²) in [5.74, 6) is -1.36. The normalized spacial score (nSPS) is 11.5. The number of carboxylic acid groups (broad SMARTS) is 1. The molecule has 0 heterocycles. The molecule has 0 fully saturated rings. The van der Waals surface area contributed by atoms with Crippen LogP contribution in [0, 0.1) is 0 Å². The Morgan fingerprint density at radius 1 is 1.25 bits per heavy atom. The predicted octanol–water partition coefficient (Wildman–Crippen LogP) is -0.811. The molecular formula is C9H17N3O4. The number of carbonyl (C=O) groups excluding carboxylic acids is 2. The number of nitrogens with zero attached hydrogens (tertiary/aromatic N) is 2. The number of aliphatic carboxylic acids is 1. The maximum atomic E-state index is 11.4. The minimum atomic E-state index is -1.12. The van der Waals surface area contributed by atoms with Crippen molar-refractivity contribution in [2.75, 3.05) is 27.7 Å². The second-order valence-corrected chi connectivity index (χ2v) is 3.65. The minimum Gasteiger partial charge on any atom is -0.480 e. The van der Waals surface area contributed by atoms with Gasteiger partial charge in [0.2, 0.25) is 5.91 Å². The third kappa shape index (κ3) is 4.63. The Bertz CT molecular complexity index is 290. The third-order valence-corrected chi connectivity index (χ3v) is 1.93. The number of amides is 3. The van der Waals surface area contributed by atoms with E-state index in [9.17, 15) is 14.4 Å². The molecule has 3 amide bonds. The average Bonchev–Trinajstić information content (AvgIpc) is 2.16. The van der Waals surface area contributed by atoms with Crippen LogP contribution in [0.1, 0.15) is 6.92 Å². The van der Waals surface area contributed by atoms with Crippen LogP contribution in [0.2, 0.25) is 0 Å². The Labute approximate surface area is 94.0 Å². The highest BCUT2D eigenvalue weighted by atomic mass is 16.4. The van der Waals surface area contributed by atoms with Gasteiger partial charge in [0, 0.05) is 21.1 Å². The highest BCUT2D eigenvalue weighted by molar-refractivity contribution is 5.86. The molecular weight excluding hydrogens is 214 g/mol. The Morgan fingerprint density at radius 2 is 1.75 bits per heavy atom. The number of rotatable bonds is 4. The zero-order valence-corrected chi connectivity index (χ0v) is 9.85. The van der Waals surface area contributed by atoms with Gasteiger partial charge in [-0.15, -0.1) is 0 Å². The van der Waals surface area contributed by atoms with Crippen LogP contribution in [0.4, 0.5) is 4.79 Å². The van der Waals surface area contributed by atoms with Gasteiger partial charge in [-0.2, -0.15) is 0 Å². The van der Waals surface area contributed by atoms with Crippen LogP contribution in [0.5, 0.6) is 0 Å². The molecule has 0 aliphatic carbocycles. The standard InChI is InChI=1S/C9H17N3O4/c1-6(8(14)15)10-9(16)12(4)5-7(13)11(2)3/h6H,5H2,1-4H3,(H,10,16)(H,14,15)/t6-/m0/s1. The van der Waals surface area contributed by atoms with Crippen molar-refractivity contribution in [3.63, 3.8) is 0 Å². The van der Waals surface area contributed by atoms with E-state index in [1.165, 1.54) is 18.9 Å². The van der Waals surface area contributed by atoms with Crippen molar-refractivity contribution in [2.45, 2.75) is 13.0 Å². The first-order valence-electron chi connectivity index (χ1n) is 4.70. The smallest absolute Gasteiger partial charge is 0.325 e. The van der Waals surface area contributed by atoms with Gasteiger partial charge in [-0.25, -0.2) is 4.79 Å². The fourth-order valence-corrected chi connectivity index (χ4v) is 0.773. The molecule has 1 atom stereocenters. The maximum absolute atomic E-state index is 11.4. The summed E-state index contributed by atoms with van der Waals surface area (Å²) in [7, 11) is 4.58. The molecule has 0 saturated heterocycles. The number of hydrogen-bond acceptors (Lipinski definition) is 3. The number of urea groups is 1. The summed E-state index contributed by atoms with van der Waals surface area (Å²) in [6.07, 6.45) is 0. The first kappa shape index (κ1) is 14.2. The number of hydrogen-bond donors (Lipinski definition) is 2. The van der Waals surface area contributed by atoms with E-state index >= 15 is 0 Å². The Morgan fingerprint density at radius 3 is 2.12 bits per heavy atom. The second kappa shape index (κ2) is 5.94. The molecule has 0 saturated carbocycles. The fraction of sp³-hybridized carbons (Fsp3) is 0.667. The van der Waals surface area contributed by atoms with E-state index in [4.69, 9.17) is 5.11 Å². The quantitative estimate of drug-likeness (QED) is 0.662. The number of nitrogens with one attached hydrogen (secondary N) is 1. The van der Waals surface area contributed by atoms with Crippen molar-refractivity contribution in [1.82, 2.24) is 15.1 Å². The Hall–Kier alpha value is -1.79. The van der Waals surface area contributed by atoms with Gasteiger partial charge in [-0.1, -0.05) is 0 Å². The van der Waals surface area contributed by atoms with Gasteiger partial charge in [0.05, 0.1) is 0 Å². The van der Waals surface area contributed by atoms with Crippen LogP contribution in [0.3, 0.4) is 0 Å². The van der Waals surface area contributed by atoms with E-state index < -0.39 is 18.0 Å². The van der Waals surface area contributed by atoms with Gasteiger partial charge in [0.15, 0.2) is 0 Å². The lowest BCUT2D eigenvalue weighted by atomic mass is 10.3. The maximum Gasteiger partial charge on any atom is 0.325 e. The monoisotopic (exact) mass is 231 g/mol. The molecule has 0 bridgehead atoms. The van der Waals surface area contributed by atoms with Gasteiger partial charge in [-0.05, 0) is 6.92 Å². The summed E-state index contributed by atoms with van der Waals surface area (Å²) in [5, 5.41) is 10.8. The largest absolute Gasteiger partial charge is 0.480 e. The van der Waals surface area contributed by atoms with E-state index in [0.717, 1.165) is 4.90 Å². The van der Waals surface area contributed by atoms with Gasteiger partial charge in [0.25, 0.3) is 0 Å². The third-order valence-electron chi connectivity index (χ3n) is 1.93. The molecule has 0 aromatic heterocycles. The van der Waals surface area contributed by atoms with Crippen LogP contribution in [0.25, 0.3) is 0 Å². The molecule has 0 unspecified atom stereocenters. The molecule has 0 aromatic carbocycles. The lowest BCUT2D eigenvalue weighted by molar-refractivity contribution is -0.138. The minimum absolute atomic E-state index is 0.0921. The lowest BCUT2D eigenvalue weighted by Gasteiger charge is -2.20. The van der Waals surface area contributed by atoms with Crippen LogP contribution in [0.15, 0.2) is 0 Å². The summed E-state index contributed by atoms with van der Waals surface area (Å²) in [6, 6.07) is -1.57. The molecule has 0 aliphatic rings. The predicted molar refractivity (Wildman–Crippen MR) is 57.0 cm³/mol. The highest BCUT2D eigenvalue weighted by Gasteiger charge is 2.18. The van der Waals surface area contributed by atoms with Gasteiger partial charge < -0.3 is 20.2 Å². The molecule has 0 spiro atoms. The van der Waals surface area contributed by atoms with Gasteiger partial charge >= 0.3 is 12.0 Å². The van der Waals surface area contributed by atoms with E-state index in [-0.39, 0.29) is 12.5 Å². The topological polar surface area (TPSA) is 90.0 Å². The summed E-state index contributed by atoms with van der Waals surface area (Å²) in [6.45, 7) is 1.26. The molecule has 2 N–H and O–H groups in total. The van der Waals surface area contributed by atoms with Crippen LogP contribution in [-0.4, -0.2) is 66.5 Å². The molecule has 92 valence electrons. The zero-order valence-electron chi connectivity index (χ0n) is 9.85. The van der Waals surface area contributed by atoms with E-state index in [0.29, 0.717) is 0 Å². The summed E-state index contributed by atoms with van der Waals surface area (Å²) in [4.78, 5) is 35.6. The number of carboxylic acids is 1. The molecule has 16 heavy (non-hydrogen) atoms. The number of likely N-dealkylation sites (N-methyl/N-ethyl adjacent to an activating group) is 2. The Balaban J connectivity index is 4.19.